The summed E-state index contributed by atoms with van der Waals surface area (Å²) < 4.78 is 0. The summed E-state index contributed by atoms with van der Waals surface area (Å²) in [6.45, 7) is 5.24. The van der Waals surface area contributed by atoms with E-state index in [1.54, 1.807) is 0 Å². The van der Waals surface area contributed by atoms with Gasteiger partial charge in [-0.3, -0.25) is 0 Å². The molecule has 2 N–H and O–H groups in total. The predicted molar refractivity (Wildman–Crippen MR) is 60.8 cm³/mol. The van der Waals surface area contributed by atoms with E-state index < -0.39 is 0 Å². The maximum absolute atomic E-state index is 5.62. The molecule has 0 saturated heterocycles. The molecular weight excluding hydrogens is 172 g/mol. The van der Waals surface area contributed by atoms with Gasteiger partial charge < -0.3 is 10.6 Å². The van der Waals surface area contributed by atoms with E-state index in [0.29, 0.717) is 0 Å². The van der Waals surface area contributed by atoms with E-state index in [0.717, 1.165) is 19.5 Å². The zero-order chi connectivity index (χ0) is 9.97. The minimum absolute atomic E-state index is 0.744. The molecule has 0 fully saturated rings. The SMILES string of the molecule is CCN1CCc2cccc(CCN)c21. The van der Waals surface area contributed by atoms with Crippen molar-refractivity contribution in [1.82, 2.24) is 0 Å². The molecule has 0 saturated carbocycles. The lowest BCUT2D eigenvalue weighted by Crippen LogP contribution is -2.21. The zero-order valence-corrected chi connectivity index (χ0v) is 8.79. The van der Waals surface area contributed by atoms with Gasteiger partial charge in [0.05, 0.1) is 0 Å². The fraction of sp³-hybridized carbons (Fsp3) is 0.500. The van der Waals surface area contributed by atoms with Crippen molar-refractivity contribution < 1.29 is 0 Å². The normalized spacial score (nSPS) is 14.6. The average Bonchev–Trinajstić information content (AvgIpc) is 2.62. The van der Waals surface area contributed by atoms with Crippen LogP contribution in [0.25, 0.3) is 0 Å². The van der Waals surface area contributed by atoms with Crippen LogP contribution in [0.15, 0.2) is 18.2 Å². The van der Waals surface area contributed by atoms with Crippen molar-refractivity contribution in [3.05, 3.63) is 29.3 Å². The fourth-order valence-corrected chi connectivity index (χ4v) is 2.29. The van der Waals surface area contributed by atoms with Gasteiger partial charge in [-0.25, -0.2) is 0 Å². The molecule has 0 aliphatic carbocycles. The van der Waals surface area contributed by atoms with Crippen LogP contribution in [0.5, 0.6) is 0 Å². The van der Waals surface area contributed by atoms with E-state index >= 15 is 0 Å². The molecule has 0 bridgehead atoms. The van der Waals surface area contributed by atoms with Crippen LogP contribution in [-0.4, -0.2) is 19.6 Å². The number of likely N-dealkylation sites (N-methyl/N-ethyl adjacent to an activating group) is 1. The first kappa shape index (κ1) is 9.53. The Morgan fingerprint density at radius 2 is 2.29 bits per heavy atom. The van der Waals surface area contributed by atoms with Crippen molar-refractivity contribution in [3.63, 3.8) is 0 Å². The van der Waals surface area contributed by atoms with Crippen LogP contribution in [0, 0.1) is 0 Å². The van der Waals surface area contributed by atoms with Crippen molar-refractivity contribution in [2.24, 2.45) is 5.73 Å². The van der Waals surface area contributed by atoms with Crippen LogP contribution < -0.4 is 10.6 Å². The molecular formula is C12H18N2. The number of benzene rings is 1. The maximum atomic E-state index is 5.62. The van der Waals surface area contributed by atoms with Gasteiger partial charge in [0.15, 0.2) is 0 Å². The third kappa shape index (κ3) is 1.50. The third-order valence-corrected chi connectivity index (χ3v) is 2.97. The lowest BCUT2D eigenvalue weighted by molar-refractivity contribution is 0.858. The number of nitrogens with zero attached hydrogens (tertiary/aromatic N) is 1. The summed E-state index contributed by atoms with van der Waals surface area (Å²) in [7, 11) is 0. The molecule has 0 atom stereocenters. The van der Waals surface area contributed by atoms with Gasteiger partial charge in [0, 0.05) is 18.8 Å². The molecule has 76 valence electrons. The Bertz CT molecular complexity index is 320. The number of nitrogens with two attached hydrogens (primary N) is 1. The lowest BCUT2D eigenvalue weighted by atomic mass is 10.0. The number of fused-ring (bicyclic) bond motifs is 1. The fourth-order valence-electron chi connectivity index (χ4n) is 2.29. The van der Waals surface area contributed by atoms with E-state index in [2.05, 4.69) is 30.0 Å². The molecule has 0 aromatic heterocycles. The second-order valence-corrected chi connectivity index (χ2v) is 3.79. The van der Waals surface area contributed by atoms with E-state index in [-0.39, 0.29) is 0 Å². The van der Waals surface area contributed by atoms with Gasteiger partial charge >= 0.3 is 0 Å². The second kappa shape index (κ2) is 4.01. The first-order valence-electron chi connectivity index (χ1n) is 5.42. The number of rotatable bonds is 3. The Morgan fingerprint density at radius 3 is 3.00 bits per heavy atom. The lowest BCUT2D eigenvalue weighted by Gasteiger charge is -2.20. The highest BCUT2D eigenvalue weighted by atomic mass is 15.1. The molecule has 2 rings (SSSR count). The molecule has 14 heavy (non-hydrogen) atoms. The van der Waals surface area contributed by atoms with E-state index in [4.69, 9.17) is 5.73 Å². The molecule has 1 aromatic carbocycles. The smallest absolute Gasteiger partial charge is 0.0432 e. The Labute approximate surface area is 85.7 Å². The second-order valence-electron chi connectivity index (χ2n) is 3.79. The summed E-state index contributed by atoms with van der Waals surface area (Å²) in [5, 5.41) is 0. The first-order chi connectivity index (χ1) is 6.86. The summed E-state index contributed by atoms with van der Waals surface area (Å²) in [4.78, 5) is 2.46. The van der Waals surface area contributed by atoms with Crippen LogP contribution in [0.1, 0.15) is 18.1 Å². The summed E-state index contributed by atoms with van der Waals surface area (Å²) in [5.41, 5.74) is 10.0. The molecule has 0 amide bonds. The van der Waals surface area contributed by atoms with Crippen LogP contribution in [0.4, 0.5) is 5.69 Å². The molecule has 1 aromatic rings. The molecule has 1 aliphatic rings. The van der Waals surface area contributed by atoms with Crippen molar-refractivity contribution in [2.45, 2.75) is 19.8 Å². The van der Waals surface area contributed by atoms with Gasteiger partial charge in [0.1, 0.15) is 0 Å². The number of anilines is 1. The maximum Gasteiger partial charge on any atom is 0.0432 e. The Morgan fingerprint density at radius 1 is 1.43 bits per heavy atom. The summed E-state index contributed by atoms with van der Waals surface area (Å²) in [6.07, 6.45) is 2.20. The van der Waals surface area contributed by atoms with E-state index in [9.17, 15) is 0 Å². The van der Waals surface area contributed by atoms with Gasteiger partial charge in [0.25, 0.3) is 0 Å². The molecule has 1 heterocycles. The van der Waals surface area contributed by atoms with Gasteiger partial charge in [-0.2, -0.15) is 0 Å². The van der Waals surface area contributed by atoms with Gasteiger partial charge in [0.2, 0.25) is 0 Å². The zero-order valence-electron chi connectivity index (χ0n) is 8.79. The Balaban J connectivity index is 2.38. The molecule has 0 radical (unpaired) electrons. The molecule has 2 nitrogen and oxygen atoms in total. The number of hydrogen-bond acceptors (Lipinski definition) is 2. The first-order valence-corrected chi connectivity index (χ1v) is 5.42. The Hall–Kier alpha value is -1.02. The molecule has 0 unspecified atom stereocenters. The van der Waals surface area contributed by atoms with Crippen LogP contribution in [-0.2, 0) is 12.8 Å². The third-order valence-electron chi connectivity index (χ3n) is 2.97. The predicted octanol–water partition coefficient (Wildman–Crippen LogP) is 1.57. The standard InChI is InChI=1S/C12H18N2/c1-2-14-9-7-11-5-3-4-10(6-8-13)12(11)14/h3-5H,2,6-9,13H2,1H3. The van der Waals surface area contributed by atoms with Gasteiger partial charge in [-0.15, -0.1) is 0 Å². The topological polar surface area (TPSA) is 29.3 Å². The van der Waals surface area contributed by atoms with Crippen LogP contribution in [0.3, 0.4) is 0 Å². The molecule has 0 spiro atoms. The monoisotopic (exact) mass is 190 g/mol. The summed E-state index contributed by atoms with van der Waals surface area (Å²) in [5.74, 6) is 0. The Kier molecular flexibility index (Phi) is 2.73. The summed E-state index contributed by atoms with van der Waals surface area (Å²) in [6, 6.07) is 6.60. The highest BCUT2D eigenvalue weighted by Crippen LogP contribution is 2.31. The number of para-hydroxylation sites is 1. The van der Waals surface area contributed by atoms with Crippen LogP contribution >= 0.6 is 0 Å². The number of hydrogen-bond donors (Lipinski definition) is 1. The van der Waals surface area contributed by atoms with Crippen molar-refractivity contribution in [1.29, 1.82) is 0 Å². The molecule has 2 heteroatoms. The largest absolute Gasteiger partial charge is 0.371 e. The van der Waals surface area contributed by atoms with E-state index in [1.807, 2.05) is 0 Å². The summed E-state index contributed by atoms with van der Waals surface area (Å²) >= 11 is 0. The highest BCUT2D eigenvalue weighted by Gasteiger charge is 2.19. The van der Waals surface area contributed by atoms with Crippen molar-refractivity contribution in [3.8, 4) is 0 Å². The molecule has 1 aliphatic heterocycles. The van der Waals surface area contributed by atoms with Gasteiger partial charge in [-0.1, -0.05) is 18.2 Å². The highest BCUT2D eigenvalue weighted by molar-refractivity contribution is 5.63. The van der Waals surface area contributed by atoms with Crippen molar-refractivity contribution in [2.75, 3.05) is 24.5 Å². The quantitative estimate of drug-likeness (QED) is 0.784. The minimum Gasteiger partial charge on any atom is -0.371 e. The van der Waals surface area contributed by atoms with Crippen molar-refractivity contribution >= 4 is 5.69 Å². The average molecular weight is 190 g/mol. The van der Waals surface area contributed by atoms with E-state index in [1.165, 1.54) is 29.8 Å². The minimum atomic E-state index is 0.744. The van der Waals surface area contributed by atoms with Crippen LogP contribution in [0.2, 0.25) is 0 Å². The van der Waals surface area contributed by atoms with Gasteiger partial charge in [-0.05, 0) is 37.4 Å².